The molecular weight excluding hydrogens is 280 g/mol. The zero-order valence-electron chi connectivity index (χ0n) is 10.4. The highest BCUT2D eigenvalue weighted by Crippen LogP contribution is 2.08. The van der Waals surface area contributed by atoms with Gasteiger partial charge in [0.15, 0.2) is 0 Å². The Labute approximate surface area is 108 Å². The van der Waals surface area contributed by atoms with Gasteiger partial charge in [-0.2, -0.15) is 4.31 Å². The van der Waals surface area contributed by atoms with E-state index in [4.69, 9.17) is 5.11 Å². The topological polar surface area (TPSA) is 95.0 Å². The second-order valence-corrected chi connectivity index (χ2v) is 8.76. The van der Waals surface area contributed by atoms with Crippen LogP contribution in [0.25, 0.3) is 0 Å². The molecule has 1 fully saturated rings. The lowest BCUT2D eigenvalue weighted by Gasteiger charge is -2.33. The summed E-state index contributed by atoms with van der Waals surface area (Å²) < 4.78 is 47.1. The molecule has 0 spiro atoms. The van der Waals surface area contributed by atoms with Gasteiger partial charge in [-0.05, 0) is 0 Å². The van der Waals surface area contributed by atoms with Gasteiger partial charge in [-0.3, -0.25) is 4.90 Å². The molecule has 1 saturated heterocycles. The van der Waals surface area contributed by atoms with Crippen molar-refractivity contribution in [1.29, 1.82) is 0 Å². The zero-order valence-corrected chi connectivity index (χ0v) is 12.1. The van der Waals surface area contributed by atoms with Crippen LogP contribution < -0.4 is 0 Å². The number of piperazine rings is 1. The molecule has 0 atom stereocenters. The number of hydrogen-bond donors (Lipinski definition) is 1. The zero-order chi connectivity index (χ0) is 13.8. The predicted octanol–water partition coefficient (Wildman–Crippen LogP) is -2.03. The number of nitrogens with zero attached hydrogens (tertiary/aromatic N) is 2. The highest BCUT2D eigenvalue weighted by Gasteiger charge is 2.27. The SMILES string of the molecule is CS(=O)(=O)CCS(=O)(=O)N1CCN(CCO)CC1. The van der Waals surface area contributed by atoms with Crippen molar-refractivity contribution < 1.29 is 21.9 Å². The Morgan fingerprint density at radius 2 is 1.56 bits per heavy atom. The molecule has 0 aromatic rings. The molecule has 0 aliphatic carbocycles. The van der Waals surface area contributed by atoms with E-state index in [1.165, 1.54) is 4.31 Å². The summed E-state index contributed by atoms with van der Waals surface area (Å²) in [7, 11) is -6.75. The third kappa shape index (κ3) is 5.19. The van der Waals surface area contributed by atoms with Crippen molar-refractivity contribution in [2.75, 3.05) is 57.1 Å². The molecule has 1 N–H and O–H groups in total. The smallest absolute Gasteiger partial charge is 0.215 e. The van der Waals surface area contributed by atoms with Gasteiger partial charge in [0.1, 0.15) is 9.84 Å². The molecule has 1 heterocycles. The van der Waals surface area contributed by atoms with Crippen LogP contribution in [-0.4, -0.2) is 88.2 Å². The van der Waals surface area contributed by atoms with Crippen LogP contribution in [0, 0.1) is 0 Å². The van der Waals surface area contributed by atoms with Gasteiger partial charge in [-0.1, -0.05) is 0 Å². The van der Waals surface area contributed by atoms with Crippen LogP contribution in [0.2, 0.25) is 0 Å². The first-order chi connectivity index (χ1) is 8.24. The first-order valence-electron chi connectivity index (χ1n) is 5.73. The van der Waals surface area contributed by atoms with Gasteiger partial charge in [0.2, 0.25) is 10.0 Å². The van der Waals surface area contributed by atoms with Crippen LogP contribution in [0.15, 0.2) is 0 Å². The summed E-state index contributed by atoms with van der Waals surface area (Å²) in [6.45, 7) is 2.44. The molecule has 0 amide bonds. The molecule has 0 unspecified atom stereocenters. The fourth-order valence-corrected chi connectivity index (χ4v) is 4.79. The molecule has 0 aromatic heterocycles. The summed E-state index contributed by atoms with van der Waals surface area (Å²) in [6, 6.07) is 0. The van der Waals surface area contributed by atoms with E-state index >= 15 is 0 Å². The quantitative estimate of drug-likeness (QED) is 0.608. The first kappa shape index (κ1) is 15.8. The van der Waals surface area contributed by atoms with Crippen molar-refractivity contribution >= 4 is 19.9 Å². The molecule has 7 nitrogen and oxygen atoms in total. The molecule has 0 radical (unpaired) electrons. The van der Waals surface area contributed by atoms with Gasteiger partial charge in [-0.15, -0.1) is 0 Å². The van der Waals surface area contributed by atoms with E-state index in [0.717, 1.165) is 6.26 Å². The van der Waals surface area contributed by atoms with Gasteiger partial charge in [0.25, 0.3) is 0 Å². The van der Waals surface area contributed by atoms with E-state index in [2.05, 4.69) is 0 Å². The van der Waals surface area contributed by atoms with Crippen LogP contribution in [0.5, 0.6) is 0 Å². The van der Waals surface area contributed by atoms with Crippen LogP contribution in [0.1, 0.15) is 0 Å². The molecule has 108 valence electrons. The number of hydrogen-bond acceptors (Lipinski definition) is 6. The highest BCUT2D eigenvalue weighted by molar-refractivity contribution is 7.93. The van der Waals surface area contributed by atoms with Crippen molar-refractivity contribution in [3.05, 3.63) is 0 Å². The maximum Gasteiger partial charge on any atom is 0.215 e. The molecule has 1 aliphatic heterocycles. The van der Waals surface area contributed by atoms with E-state index in [-0.39, 0.29) is 18.1 Å². The average molecular weight is 300 g/mol. The monoisotopic (exact) mass is 300 g/mol. The van der Waals surface area contributed by atoms with E-state index < -0.39 is 19.9 Å². The number of sulfone groups is 1. The van der Waals surface area contributed by atoms with Crippen molar-refractivity contribution in [1.82, 2.24) is 9.21 Å². The van der Waals surface area contributed by atoms with Gasteiger partial charge >= 0.3 is 0 Å². The lowest BCUT2D eigenvalue weighted by molar-refractivity contribution is 0.151. The van der Waals surface area contributed by atoms with E-state index in [1.807, 2.05) is 4.90 Å². The Bertz CT molecular complexity index is 451. The molecule has 1 aliphatic rings. The van der Waals surface area contributed by atoms with Crippen LogP contribution in [0.4, 0.5) is 0 Å². The Morgan fingerprint density at radius 3 is 2.00 bits per heavy atom. The second kappa shape index (κ2) is 6.29. The Hall–Kier alpha value is -0.220. The third-order valence-electron chi connectivity index (χ3n) is 2.85. The normalized spacial score (nSPS) is 20.1. The summed E-state index contributed by atoms with van der Waals surface area (Å²) in [5.74, 6) is -0.696. The number of aliphatic hydroxyl groups excluding tert-OH is 1. The van der Waals surface area contributed by atoms with Crippen LogP contribution in [-0.2, 0) is 19.9 Å². The third-order valence-corrected chi connectivity index (χ3v) is 5.93. The Kier molecular flexibility index (Phi) is 5.53. The van der Waals surface area contributed by atoms with Gasteiger partial charge < -0.3 is 5.11 Å². The van der Waals surface area contributed by atoms with Gasteiger partial charge in [0, 0.05) is 39.0 Å². The number of aliphatic hydroxyl groups is 1. The fraction of sp³-hybridized carbons (Fsp3) is 1.00. The molecule has 0 aromatic carbocycles. The van der Waals surface area contributed by atoms with Crippen LogP contribution >= 0.6 is 0 Å². The van der Waals surface area contributed by atoms with E-state index in [0.29, 0.717) is 32.7 Å². The van der Waals surface area contributed by atoms with E-state index in [1.54, 1.807) is 0 Å². The summed E-state index contributed by atoms with van der Waals surface area (Å²) in [5, 5.41) is 8.78. The summed E-state index contributed by atoms with van der Waals surface area (Å²) >= 11 is 0. The van der Waals surface area contributed by atoms with Crippen molar-refractivity contribution in [3.63, 3.8) is 0 Å². The predicted molar refractivity (Wildman–Crippen MR) is 68.6 cm³/mol. The van der Waals surface area contributed by atoms with Crippen molar-refractivity contribution in [3.8, 4) is 0 Å². The average Bonchev–Trinajstić information content (AvgIpc) is 2.27. The minimum atomic E-state index is -3.49. The molecular formula is C9H20N2O5S2. The second-order valence-electron chi connectivity index (χ2n) is 4.41. The number of sulfonamides is 1. The fourth-order valence-electron chi connectivity index (χ4n) is 1.76. The van der Waals surface area contributed by atoms with E-state index in [9.17, 15) is 16.8 Å². The Morgan fingerprint density at radius 1 is 1.00 bits per heavy atom. The highest BCUT2D eigenvalue weighted by atomic mass is 32.2. The number of β-amino-alcohol motifs (C(OH)–C–C–N with tert-alkyl or cyclic N) is 1. The Balaban J connectivity index is 2.50. The molecule has 18 heavy (non-hydrogen) atoms. The van der Waals surface area contributed by atoms with Gasteiger partial charge in [0.05, 0.1) is 18.1 Å². The van der Waals surface area contributed by atoms with Crippen LogP contribution in [0.3, 0.4) is 0 Å². The summed E-state index contributed by atoms with van der Waals surface area (Å²) in [5.41, 5.74) is 0. The summed E-state index contributed by atoms with van der Waals surface area (Å²) in [4.78, 5) is 1.97. The minimum Gasteiger partial charge on any atom is -0.395 e. The first-order valence-corrected chi connectivity index (χ1v) is 9.40. The minimum absolute atomic E-state index is 0.0564. The number of rotatable bonds is 6. The van der Waals surface area contributed by atoms with Crippen molar-refractivity contribution in [2.45, 2.75) is 0 Å². The maximum atomic E-state index is 11.9. The maximum absolute atomic E-state index is 11.9. The lowest BCUT2D eigenvalue weighted by Crippen LogP contribution is -2.50. The standard InChI is InChI=1S/C9H20N2O5S2/c1-17(13,14)8-9-18(15,16)11-4-2-10(3-5-11)6-7-12/h12H,2-9H2,1H3. The lowest BCUT2D eigenvalue weighted by atomic mass is 10.4. The van der Waals surface area contributed by atoms with Gasteiger partial charge in [-0.25, -0.2) is 16.8 Å². The largest absolute Gasteiger partial charge is 0.395 e. The molecule has 9 heteroatoms. The van der Waals surface area contributed by atoms with Crippen molar-refractivity contribution in [2.24, 2.45) is 0 Å². The molecule has 1 rings (SSSR count). The molecule has 0 saturated carbocycles. The molecule has 0 bridgehead atoms. The summed E-state index contributed by atoms with van der Waals surface area (Å²) in [6.07, 6.45) is 1.03.